The Morgan fingerprint density at radius 1 is 0.938 bits per heavy atom. The van der Waals surface area contributed by atoms with E-state index in [1.165, 1.54) is 7.11 Å². The molecule has 0 aliphatic carbocycles. The van der Waals surface area contributed by atoms with E-state index in [1.54, 1.807) is 28.1 Å². The van der Waals surface area contributed by atoms with Crippen LogP contribution in [0.25, 0.3) is 11.1 Å². The number of esters is 1. The van der Waals surface area contributed by atoms with E-state index < -0.39 is 17.9 Å². The van der Waals surface area contributed by atoms with Gasteiger partial charge in [0.2, 0.25) is 0 Å². The van der Waals surface area contributed by atoms with Crippen LogP contribution in [0.1, 0.15) is 19.4 Å². The molecule has 1 atom stereocenters. The Morgan fingerprint density at radius 3 is 1.94 bits per heavy atom. The number of amides is 1. The summed E-state index contributed by atoms with van der Waals surface area (Å²) in [5.74, 6) is 0.0762. The standard InChI is InChI=1S/C24H27Cl2NO5/c1-14(2)20(22(25)26)23(28)27-17(24(29)32-5)13-15-9-11-16(12-10-15)21-18(30-3)7-6-8-19(21)31-4/h6-12,14,17H,13H2,1-5H3,(H,27,28)/t17-/m0/s1. The zero-order valence-electron chi connectivity index (χ0n) is 18.7. The van der Waals surface area contributed by atoms with E-state index >= 15 is 0 Å². The van der Waals surface area contributed by atoms with Crippen LogP contribution in [0, 0.1) is 5.92 Å². The van der Waals surface area contributed by atoms with Crippen LogP contribution in [0.3, 0.4) is 0 Å². The normalized spacial score (nSPS) is 11.5. The van der Waals surface area contributed by atoms with Crippen molar-refractivity contribution in [1.29, 1.82) is 0 Å². The Kier molecular flexibility index (Phi) is 9.42. The Hall–Kier alpha value is -2.70. The van der Waals surface area contributed by atoms with E-state index in [2.05, 4.69) is 5.32 Å². The first-order valence-corrected chi connectivity index (χ1v) is 10.7. The van der Waals surface area contributed by atoms with Gasteiger partial charge in [0.05, 0.1) is 26.9 Å². The number of hydrogen-bond donors (Lipinski definition) is 1. The van der Waals surface area contributed by atoms with Gasteiger partial charge in [0.25, 0.3) is 5.91 Å². The summed E-state index contributed by atoms with van der Waals surface area (Å²) in [5.41, 5.74) is 2.75. The van der Waals surface area contributed by atoms with Crippen LogP contribution in [-0.4, -0.2) is 39.2 Å². The molecule has 0 spiro atoms. The third-order valence-corrected chi connectivity index (χ3v) is 5.33. The van der Waals surface area contributed by atoms with Gasteiger partial charge >= 0.3 is 5.97 Å². The molecular formula is C24H27Cl2NO5. The third kappa shape index (κ3) is 6.17. The van der Waals surface area contributed by atoms with Crippen molar-refractivity contribution in [1.82, 2.24) is 5.32 Å². The third-order valence-electron chi connectivity index (χ3n) is 4.93. The van der Waals surface area contributed by atoms with Gasteiger partial charge in [0, 0.05) is 12.0 Å². The van der Waals surface area contributed by atoms with E-state index in [-0.39, 0.29) is 22.4 Å². The minimum absolute atomic E-state index is 0.128. The lowest BCUT2D eigenvalue weighted by molar-refractivity contribution is -0.144. The molecule has 1 N–H and O–H groups in total. The molecule has 0 heterocycles. The highest BCUT2D eigenvalue weighted by Crippen LogP contribution is 2.38. The summed E-state index contributed by atoms with van der Waals surface area (Å²) in [4.78, 5) is 25.0. The highest BCUT2D eigenvalue weighted by atomic mass is 35.5. The van der Waals surface area contributed by atoms with Gasteiger partial charge in [-0.05, 0) is 29.2 Å². The molecule has 0 fully saturated rings. The van der Waals surface area contributed by atoms with Crippen LogP contribution in [0.5, 0.6) is 11.5 Å². The summed E-state index contributed by atoms with van der Waals surface area (Å²) < 4.78 is 15.7. The number of hydrogen-bond acceptors (Lipinski definition) is 5. The molecule has 0 aliphatic rings. The fourth-order valence-corrected chi connectivity index (χ4v) is 3.92. The summed E-state index contributed by atoms with van der Waals surface area (Å²) in [6.45, 7) is 3.58. The molecule has 0 bridgehead atoms. The molecular weight excluding hydrogens is 453 g/mol. The fraction of sp³-hybridized carbons (Fsp3) is 0.333. The smallest absolute Gasteiger partial charge is 0.328 e. The first kappa shape index (κ1) is 25.6. The maximum atomic E-state index is 12.7. The fourth-order valence-electron chi connectivity index (χ4n) is 3.32. The van der Waals surface area contributed by atoms with E-state index in [4.69, 9.17) is 37.4 Å². The molecule has 0 saturated heterocycles. The maximum absolute atomic E-state index is 12.7. The van der Waals surface area contributed by atoms with Gasteiger partial charge in [0.1, 0.15) is 22.0 Å². The number of ether oxygens (including phenoxy) is 3. The van der Waals surface area contributed by atoms with E-state index in [9.17, 15) is 9.59 Å². The summed E-state index contributed by atoms with van der Waals surface area (Å²) in [5, 5.41) is 2.68. The van der Waals surface area contributed by atoms with Crippen LogP contribution in [-0.2, 0) is 20.7 Å². The van der Waals surface area contributed by atoms with Gasteiger partial charge in [-0.15, -0.1) is 0 Å². The van der Waals surface area contributed by atoms with Gasteiger partial charge in [-0.1, -0.05) is 67.4 Å². The van der Waals surface area contributed by atoms with Crippen LogP contribution in [0.4, 0.5) is 0 Å². The molecule has 6 nitrogen and oxygen atoms in total. The molecule has 2 rings (SSSR count). The first-order valence-electron chi connectivity index (χ1n) is 9.97. The number of carbonyl (C=O) groups is 2. The van der Waals surface area contributed by atoms with E-state index in [0.717, 1.165) is 16.7 Å². The Labute approximate surface area is 198 Å². The molecule has 32 heavy (non-hydrogen) atoms. The molecule has 0 aliphatic heterocycles. The second-order valence-electron chi connectivity index (χ2n) is 7.32. The molecule has 2 aromatic carbocycles. The summed E-state index contributed by atoms with van der Waals surface area (Å²) in [7, 11) is 4.47. The average molecular weight is 480 g/mol. The number of halogens is 2. The maximum Gasteiger partial charge on any atom is 0.328 e. The molecule has 1 amide bonds. The predicted octanol–water partition coefficient (Wildman–Crippen LogP) is 4.92. The SMILES string of the molecule is COC(=O)[C@H](Cc1ccc(-c2c(OC)cccc2OC)cc1)NC(=O)C(=C(Cl)Cl)C(C)C. The summed E-state index contributed by atoms with van der Waals surface area (Å²) >= 11 is 11.7. The monoisotopic (exact) mass is 479 g/mol. The van der Waals surface area contributed by atoms with Crippen LogP contribution < -0.4 is 14.8 Å². The van der Waals surface area contributed by atoms with Crippen molar-refractivity contribution < 1.29 is 23.8 Å². The van der Waals surface area contributed by atoms with Crippen molar-refractivity contribution in [2.75, 3.05) is 21.3 Å². The largest absolute Gasteiger partial charge is 0.496 e. The number of nitrogens with one attached hydrogen (secondary N) is 1. The lowest BCUT2D eigenvalue weighted by Gasteiger charge is -2.19. The van der Waals surface area contributed by atoms with Gasteiger partial charge in [-0.3, -0.25) is 4.79 Å². The quantitative estimate of drug-likeness (QED) is 0.408. The average Bonchev–Trinajstić information content (AvgIpc) is 2.77. The number of rotatable bonds is 9. The van der Waals surface area contributed by atoms with Gasteiger partial charge in [-0.2, -0.15) is 0 Å². The first-order chi connectivity index (χ1) is 15.2. The molecule has 172 valence electrons. The molecule has 8 heteroatoms. The predicted molar refractivity (Wildman–Crippen MR) is 126 cm³/mol. The lowest BCUT2D eigenvalue weighted by atomic mass is 9.98. The second kappa shape index (κ2) is 11.8. The summed E-state index contributed by atoms with van der Waals surface area (Å²) in [6, 6.07) is 12.2. The Bertz CT molecular complexity index is 960. The molecule has 0 unspecified atom stereocenters. The second-order valence-corrected chi connectivity index (χ2v) is 8.27. The van der Waals surface area contributed by atoms with Gasteiger partial charge in [-0.25, -0.2) is 4.79 Å². The minimum Gasteiger partial charge on any atom is -0.496 e. The van der Waals surface area contributed by atoms with Gasteiger partial charge < -0.3 is 19.5 Å². The lowest BCUT2D eigenvalue weighted by Crippen LogP contribution is -2.44. The van der Waals surface area contributed by atoms with Crippen LogP contribution >= 0.6 is 23.2 Å². The van der Waals surface area contributed by atoms with Crippen molar-refractivity contribution in [2.45, 2.75) is 26.3 Å². The molecule has 0 saturated carbocycles. The number of methoxy groups -OCH3 is 3. The summed E-state index contributed by atoms with van der Waals surface area (Å²) in [6.07, 6.45) is 0.229. The molecule has 0 aromatic heterocycles. The Morgan fingerprint density at radius 2 is 1.50 bits per heavy atom. The van der Waals surface area contributed by atoms with Crippen molar-refractivity contribution in [3.05, 3.63) is 58.1 Å². The molecule has 0 radical (unpaired) electrons. The van der Waals surface area contributed by atoms with Crippen molar-refractivity contribution >= 4 is 35.1 Å². The number of carbonyl (C=O) groups excluding carboxylic acids is 2. The zero-order valence-corrected chi connectivity index (χ0v) is 20.2. The van der Waals surface area contributed by atoms with Crippen molar-refractivity contribution in [3.63, 3.8) is 0 Å². The van der Waals surface area contributed by atoms with Crippen LogP contribution in [0.2, 0.25) is 0 Å². The van der Waals surface area contributed by atoms with Crippen molar-refractivity contribution in [2.24, 2.45) is 5.92 Å². The van der Waals surface area contributed by atoms with Gasteiger partial charge in [0.15, 0.2) is 0 Å². The Balaban J connectivity index is 2.29. The highest BCUT2D eigenvalue weighted by molar-refractivity contribution is 6.57. The zero-order chi connectivity index (χ0) is 23.8. The van der Waals surface area contributed by atoms with Crippen molar-refractivity contribution in [3.8, 4) is 22.6 Å². The van der Waals surface area contributed by atoms with E-state index in [0.29, 0.717) is 11.5 Å². The highest BCUT2D eigenvalue weighted by Gasteiger charge is 2.26. The van der Waals surface area contributed by atoms with Crippen LogP contribution in [0.15, 0.2) is 52.5 Å². The van der Waals surface area contributed by atoms with E-state index in [1.807, 2.05) is 42.5 Å². The number of benzene rings is 2. The topological polar surface area (TPSA) is 73.9 Å². The molecule has 2 aromatic rings. The minimum atomic E-state index is -0.902.